The number of rotatable bonds is 5. The third-order valence-electron chi connectivity index (χ3n) is 3.19. The lowest BCUT2D eigenvalue weighted by Crippen LogP contribution is -2.23. The van der Waals surface area contributed by atoms with Crippen LogP contribution >= 0.6 is 0 Å². The van der Waals surface area contributed by atoms with E-state index in [-0.39, 0.29) is 11.5 Å². The quantitative estimate of drug-likeness (QED) is 0.833. The molecule has 0 aromatic heterocycles. The van der Waals surface area contributed by atoms with Crippen molar-refractivity contribution in [3.63, 3.8) is 0 Å². The predicted octanol–water partition coefficient (Wildman–Crippen LogP) is 3.10. The topological polar surface area (TPSA) is 66.4 Å². The maximum Gasteiger partial charge on any atom is 0.335 e. The van der Waals surface area contributed by atoms with Gasteiger partial charge in [0.2, 0.25) is 5.91 Å². The van der Waals surface area contributed by atoms with E-state index in [4.69, 9.17) is 5.11 Å². The third-order valence-corrected chi connectivity index (χ3v) is 3.19. The number of hydrogen-bond donors (Lipinski definition) is 2. The number of hydrogen-bond acceptors (Lipinski definition) is 2. The number of carboxylic acids is 1. The Kier molecular flexibility index (Phi) is 5.09. The van der Waals surface area contributed by atoms with E-state index in [2.05, 4.69) is 5.32 Å². The molecule has 4 heteroatoms. The van der Waals surface area contributed by atoms with Crippen LogP contribution in [0.25, 0.3) is 6.08 Å². The van der Waals surface area contributed by atoms with Gasteiger partial charge >= 0.3 is 5.97 Å². The van der Waals surface area contributed by atoms with Crippen molar-refractivity contribution in [2.75, 3.05) is 0 Å². The smallest absolute Gasteiger partial charge is 0.335 e. The zero-order valence-corrected chi connectivity index (χ0v) is 12.2. The molecule has 0 spiro atoms. The molecule has 2 N–H and O–H groups in total. The van der Waals surface area contributed by atoms with Crippen molar-refractivity contribution in [1.29, 1.82) is 0 Å². The molecular weight excluding hydrogens is 278 g/mol. The van der Waals surface area contributed by atoms with Crippen molar-refractivity contribution >= 4 is 18.0 Å². The molecule has 2 aromatic carbocycles. The lowest BCUT2D eigenvalue weighted by molar-refractivity contribution is -0.117. The van der Waals surface area contributed by atoms with Gasteiger partial charge in [-0.2, -0.15) is 0 Å². The van der Waals surface area contributed by atoms with Gasteiger partial charge in [0.25, 0.3) is 0 Å². The number of carboxylic acid groups (broad SMARTS) is 1. The fourth-order valence-electron chi connectivity index (χ4n) is 1.95. The molecule has 0 aliphatic rings. The lowest BCUT2D eigenvalue weighted by Gasteiger charge is -2.06. The lowest BCUT2D eigenvalue weighted by atomic mass is 10.1. The van der Waals surface area contributed by atoms with Crippen LogP contribution in [0.4, 0.5) is 0 Å². The second-order valence-electron chi connectivity index (χ2n) is 4.92. The molecule has 1 amide bonds. The van der Waals surface area contributed by atoms with Crippen LogP contribution in [0.2, 0.25) is 0 Å². The Morgan fingerprint density at radius 2 is 1.68 bits per heavy atom. The van der Waals surface area contributed by atoms with Gasteiger partial charge in [0.05, 0.1) is 5.56 Å². The first-order valence-electron chi connectivity index (χ1n) is 6.90. The van der Waals surface area contributed by atoms with Crippen molar-refractivity contribution in [2.45, 2.75) is 13.5 Å². The molecule has 0 saturated heterocycles. The molecule has 0 radical (unpaired) electrons. The van der Waals surface area contributed by atoms with Crippen molar-refractivity contribution in [1.82, 2.24) is 5.32 Å². The summed E-state index contributed by atoms with van der Waals surface area (Å²) in [5.41, 5.74) is 2.68. The second-order valence-corrected chi connectivity index (χ2v) is 4.92. The maximum absolute atomic E-state index is 12.0. The average molecular weight is 295 g/mol. The Morgan fingerprint density at radius 3 is 2.27 bits per heavy atom. The van der Waals surface area contributed by atoms with Gasteiger partial charge < -0.3 is 10.4 Å². The van der Waals surface area contributed by atoms with Crippen molar-refractivity contribution in [3.8, 4) is 0 Å². The highest BCUT2D eigenvalue weighted by molar-refractivity contribution is 5.97. The number of carbonyl (C=O) groups excluding carboxylic acids is 1. The number of nitrogens with one attached hydrogen (secondary N) is 1. The molecule has 0 aliphatic carbocycles. The molecule has 4 nitrogen and oxygen atoms in total. The van der Waals surface area contributed by atoms with Crippen molar-refractivity contribution < 1.29 is 14.7 Å². The van der Waals surface area contributed by atoms with Gasteiger partial charge in [0.1, 0.15) is 0 Å². The number of benzene rings is 2. The summed E-state index contributed by atoms with van der Waals surface area (Å²) >= 11 is 0. The monoisotopic (exact) mass is 295 g/mol. The van der Waals surface area contributed by atoms with Crippen molar-refractivity contribution in [3.05, 3.63) is 76.9 Å². The minimum absolute atomic E-state index is 0.147. The molecular formula is C18H17NO3. The Balaban J connectivity index is 1.94. The summed E-state index contributed by atoms with van der Waals surface area (Å²) in [7, 11) is 0. The van der Waals surface area contributed by atoms with Gasteiger partial charge in [-0.05, 0) is 36.3 Å². The van der Waals surface area contributed by atoms with Crippen LogP contribution in [-0.2, 0) is 11.3 Å². The highest BCUT2D eigenvalue weighted by Gasteiger charge is 2.05. The van der Waals surface area contributed by atoms with E-state index >= 15 is 0 Å². The van der Waals surface area contributed by atoms with E-state index in [9.17, 15) is 9.59 Å². The summed E-state index contributed by atoms with van der Waals surface area (Å²) in [6, 6.07) is 16.1. The Morgan fingerprint density at radius 1 is 1.05 bits per heavy atom. The van der Waals surface area contributed by atoms with Gasteiger partial charge in [-0.15, -0.1) is 0 Å². The first-order chi connectivity index (χ1) is 10.6. The van der Waals surface area contributed by atoms with Crippen LogP contribution in [-0.4, -0.2) is 17.0 Å². The number of aromatic carboxylic acids is 1. The third kappa shape index (κ3) is 4.31. The van der Waals surface area contributed by atoms with Crippen molar-refractivity contribution in [2.24, 2.45) is 0 Å². The summed E-state index contributed by atoms with van der Waals surface area (Å²) in [5.74, 6) is -1.11. The van der Waals surface area contributed by atoms with Crippen LogP contribution in [0.3, 0.4) is 0 Å². The standard InChI is InChI=1S/C18H17NO3/c1-13(11-14-5-3-2-4-6-14)17(20)19-12-15-7-9-16(10-8-15)18(21)22/h2-11H,12H2,1H3,(H,19,20)(H,21,22)/b13-11+. The summed E-state index contributed by atoms with van der Waals surface area (Å²) in [6.07, 6.45) is 1.82. The summed E-state index contributed by atoms with van der Waals surface area (Å²) < 4.78 is 0. The molecule has 0 atom stereocenters. The average Bonchev–Trinajstić information content (AvgIpc) is 2.53. The normalized spacial score (nSPS) is 11.0. The minimum Gasteiger partial charge on any atom is -0.478 e. The number of amides is 1. The molecule has 2 rings (SSSR count). The molecule has 0 heterocycles. The van der Waals surface area contributed by atoms with Crippen LogP contribution in [0.5, 0.6) is 0 Å². The molecule has 22 heavy (non-hydrogen) atoms. The van der Waals surface area contributed by atoms with Gasteiger partial charge in [0.15, 0.2) is 0 Å². The van der Waals surface area contributed by atoms with E-state index in [0.717, 1.165) is 11.1 Å². The Labute approximate surface area is 129 Å². The molecule has 0 unspecified atom stereocenters. The predicted molar refractivity (Wildman–Crippen MR) is 85.3 cm³/mol. The fraction of sp³-hybridized carbons (Fsp3) is 0.111. The second kappa shape index (κ2) is 7.22. The summed E-state index contributed by atoms with van der Waals surface area (Å²) in [6.45, 7) is 2.12. The first-order valence-corrected chi connectivity index (χ1v) is 6.90. The van der Waals surface area contributed by atoms with Gasteiger partial charge in [-0.3, -0.25) is 4.79 Å². The Bertz CT molecular complexity index is 688. The molecule has 0 bridgehead atoms. The Hall–Kier alpha value is -2.88. The first kappa shape index (κ1) is 15.5. The molecule has 2 aromatic rings. The number of carbonyl (C=O) groups is 2. The SMILES string of the molecule is C/C(=C\c1ccccc1)C(=O)NCc1ccc(C(=O)O)cc1. The van der Waals surface area contributed by atoms with Crippen LogP contribution in [0.15, 0.2) is 60.2 Å². The van der Waals surface area contributed by atoms with Crippen LogP contribution < -0.4 is 5.32 Å². The van der Waals surface area contributed by atoms with E-state index in [1.807, 2.05) is 36.4 Å². The highest BCUT2D eigenvalue weighted by atomic mass is 16.4. The van der Waals surface area contributed by atoms with Crippen LogP contribution in [0, 0.1) is 0 Å². The van der Waals surface area contributed by atoms with Crippen LogP contribution in [0.1, 0.15) is 28.4 Å². The molecule has 0 fully saturated rings. The van der Waals surface area contributed by atoms with E-state index < -0.39 is 5.97 Å². The van der Waals surface area contributed by atoms with E-state index in [1.54, 1.807) is 19.1 Å². The van der Waals surface area contributed by atoms with E-state index in [1.165, 1.54) is 12.1 Å². The van der Waals surface area contributed by atoms with Gasteiger partial charge in [0, 0.05) is 12.1 Å². The highest BCUT2D eigenvalue weighted by Crippen LogP contribution is 2.07. The maximum atomic E-state index is 12.0. The molecule has 0 saturated carbocycles. The van der Waals surface area contributed by atoms with Gasteiger partial charge in [-0.25, -0.2) is 4.79 Å². The molecule has 0 aliphatic heterocycles. The fourth-order valence-corrected chi connectivity index (χ4v) is 1.95. The zero-order chi connectivity index (χ0) is 15.9. The van der Waals surface area contributed by atoms with Gasteiger partial charge in [-0.1, -0.05) is 42.5 Å². The summed E-state index contributed by atoms with van der Waals surface area (Å²) in [4.78, 5) is 22.8. The largest absolute Gasteiger partial charge is 0.478 e. The van der Waals surface area contributed by atoms with E-state index in [0.29, 0.717) is 12.1 Å². The minimum atomic E-state index is -0.961. The summed E-state index contributed by atoms with van der Waals surface area (Å²) in [5, 5.41) is 11.6. The zero-order valence-electron chi connectivity index (χ0n) is 12.2. The molecule has 112 valence electrons.